The Kier molecular flexibility index (Phi) is 4.81. The van der Waals surface area contributed by atoms with Crippen LogP contribution >= 0.6 is 11.3 Å². The Morgan fingerprint density at radius 2 is 2.07 bits per heavy atom. The summed E-state index contributed by atoms with van der Waals surface area (Å²) in [5, 5.41) is 9.36. The number of imidazole rings is 1. The smallest absolute Gasteiger partial charge is 0.345 e. The Balaban J connectivity index is 1.82. The number of thiophene rings is 1. The maximum absolute atomic E-state index is 11.4. The molecule has 6 heteroatoms. The van der Waals surface area contributed by atoms with Crippen LogP contribution in [0.2, 0.25) is 0 Å². The number of aromatic nitrogens is 3. The first-order valence-electron chi connectivity index (χ1n) is 9.39. The van der Waals surface area contributed by atoms with Gasteiger partial charge in [0.1, 0.15) is 4.88 Å². The Hall–Kier alpha value is -2.86. The number of benzene rings is 1. The van der Waals surface area contributed by atoms with Crippen LogP contribution in [0.4, 0.5) is 0 Å². The van der Waals surface area contributed by atoms with Crippen LogP contribution in [-0.4, -0.2) is 25.2 Å². The molecule has 0 aliphatic heterocycles. The molecule has 5 nitrogen and oxygen atoms in total. The fraction of sp³-hybridized carbons (Fsp3) is 0.273. The highest BCUT2D eigenvalue weighted by Gasteiger charge is 2.18. The van der Waals surface area contributed by atoms with E-state index in [0.29, 0.717) is 10.8 Å². The lowest BCUT2D eigenvalue weighted by molar-refractivity contribution is 0.0702. The van der Waals surface area contributed by atoms with E-state index >= 15 is 0 Å². The van der Waals surface area contributed by atoms with Crippen molar-refractivity contribution >= 4 is 27.5 Å². The summed E-state index contributed by atoms with van der Waals surface area (Å²) in [7, 11) is 0. The quantitative estimate of drug-likeness (QED) is 0.463. The van der Waals surface area contributed by atoms with Gasteiger partial charge in [-0.25, -0.2) is 9.78 Å². The van der Waals surface area contributed by atoms with Crippen LogP contribution < -0.4 is 0 Å². The van der Waals surface area contributed by atoms with Gasteiger partial charge in [0.05, 0.1) is 22.2 Å². The van der Waals surface area contributed by atoms with Crippen LogP contribution in [0.1, 0.15) is 35.5 Å². The predicted molar refractivity (Wildman–Crippen MR) is 114 cm³/mol. The van der Waals surface area contributed by atoms with Gasteiger partial charge in [0.25, 0.3) is 0 Å². The molecule has 0 radical (unpaired) electrons. The molecule has 0 fully saturated rings. The summed E-state index contributed by atoms with van der Waals surface area (Å²) in [6, 6.07) is 10.3. The van der Waals surface area contributed by atoms with Gasteiger partial charge in [-0.1, -0.05) is 19.9 Å². The lowest BCUT2D eigenvalue weighted by Gasteiger charge is -2.15. The second-order valence-corrected chi connectivity index (χ2v) is 8.58. The highest BCUT2D eigenvalue weighted by atomic mass is 32.1. The van der Waals surface area contributed by atoms with E-state index in [4.69, 9.17) is 0 Å². The maximum atomic E-state index is 11.4. The molecular weight excluding hydrogens is 370 g/mol. The van der Waals surface area contributed by atoms with Crippen molar-refractivity contribution in [2.75, 3.05) is 0 Å². The molecule has 0 aliphatic carbocycles. The Morgan fingerprint density at radius 3 is 2.71 bits per heavy atom. The minimum atomic E-state index is -0.862. The highest BCUT2D eigenvalue weighted by Crippen LogP contribution is 2.36. The average molecular weight is 394 g/mol. The molecule has 1 N–H and O–H groups in total. The number of carbonyl (C=O) groups is 1. The van der Waals surface area contributed by atoms with Crippen molar-refractivity contribution in [3.8, 4) is 16.9 Å². The van der Waals surface area contributed by atoms with Gasteiger partial charge in [-0.2, -0.15) is 0 Å². The number of carboxylic acid groups (broad SMARTS) is 1. The van der Waals surface area contributed by atoms with Crippen molar-refractivity contribution in [3.05, 3.63) is 59.5 Å². The number of rotatable bonds is 6. The average Bonchev–Trinajstić information content (AvgIpc) is 3.36. The number of aryl methyl sites for hydroxylation is 2. The van der Waals surface area contributed by atoms with Crippen LogP contribution in [0.5, 0.6) is 0 Å². The minimum absolute atomic E-state index is 0.391. The van der Waals surface area contributed by atoms with Crippen molar-refractivity contribution in [1.29, 1.82) is 0 Å². The van der Waals surface area contributed by atoms with Crippen molar-refractivity contribution in [1.82, 2.24) is 14.1 Å². The van der Waals surface area contributed by atoms with Gasteiger partial charge in [-0.05, 0) is 49.1 Å². The summed E-state index contributed by atoms with van der Waals surface area (Å²) in [5.74, 6) is -0.286. The molecule has 0 spiro atoms. The second-order valence-electron chi connectivity index (χ2n) is 7.50. The molecule has 0 unspecified atom stereocenters. The molecule has 28 heavy (non-hydrogen) atoms. The van der Waals surface area contributed by atoms with E-state index in [9.17, 15) is 9.90 Å². The van der Waals surface area contributed by atoms with Crippen LogP contribution in [0.15, 0.2) is 49.1 Å². The van der Waals surface area contributed by atoms with E-state index in [1.165, 1.54) is 22.5 Å². The van der Waals surface area contributed by atoms with Crippen molar-refractivity contribution in [2.24, 2.45) is 5.92 Å². The van der Waals surface area contributed by atoms with Gasteiger partial charge in [0.2, 0.25) is 0 Å². The molecule has 0 aliphatic rings. The minimum Gasteiger partial charge on any atom is -0.477 e. The maximum Gasteiger partial charge on any atom is 0.345 e. The monoisotopic (exact) mass is 393 g/mol. The van der Waals surface area contributed by atoms with Crippen molar-refractivity contribution in [3.63, 3.8) is 0 Å². The van der Waals surface area contributed by atoms with E-state index in [0.717, 1.165) is 34.6 Å². The van der Waals surface area contributed by atoms with Gasteiger partial charge >= 0.3 is 5.97 Å². The van der Waals surface area contributed by atoms with Crippen molar-refractivity contribution < 1.29 is 9.90 Å². The first-order chi connectivity index (χ1) is 13.4. The first-order valence-corrected chi connectivity index (χ1v) is 10.2. The Morgan fingerprint density at radius 1 is 1.25 bits per heavy atom. The standard InChI is InChI=1S/C22H23N3O2S/c1-14(2)6-8-25-18(11-20-19(25)12-21(28-20)22(26)27)17-5-4-16(10-15(17)3)24-9-7-23-13-24/h4-5,7,9-14H,6,8H2,1-3H3,(H,26,27). The van der Waals surface area contributed by atoms with E-state index in [1.807, 2.05) is 10.8 Å². The van der Waals surface area contributed by atoms with Crippen molar-refractivity contribution in [2.45, 2.75) is 33.7 Å². The normalized spacial score (nSPS) is 11.6. The summed E-state index contributed by atoms with van der Waals surface area (Å²) in [5.41, 5.74) is 5.59. The Bertz CT molecular complexity index is 1140. The molecule has 0 amide bonds. The first kappa shape index (κ1) is 18.5. The fourth-order valence-corrected chi connectivity index (χ4v) is 4.45. The molecule has 0 saturated heterocycles. The van der Waals surface area contributed by atoms with E-state index < -0.39 is 5.97 Å². The molecule has 0 bridgehead atoms. The van der Waals surface area contributed by atoms with Gasteiger partial charge in [-0.15, -0.1) is 11.3 Å². The number of fused-ring (bicyclic) bond motifs is 1. The van der Waals surface area contributed by atoms with E-state index in [1.54, 1.807) is 18.6 Å². The second kappa shape index (κ2) is 7.28. The zero-order chi connectivity index (χ0) is 19.8. The number of nitrogens with zero attached hydrogens (tertiary/aromatic N) is 3. The Labute approximate surface area is 167 Å². The molecule has 144 valence electrons. The largest absolute Gasteiger partial charge is 0.477 e. The topological polar surface area (TPSA) is 60.1 Å². The molecule has 0 saturated carbocycles. The SMILES string of the molecule is Cc1cc(-n2ccnc2)ccc1-c1cc2sc(C(=O)O)cc2n1CCC(C)C. The predicted octanol–water partition coefficient (Wildman–Crippen LogP) is 5.61. The van der Waals surface area contributed by atoms with Crippen LogP contribution in [0.25, 0.3) is 27.2 Å². The van der Waals surface area contributed by atoms with Crippen LogP contribution in [-0.2, 0) is 6.54 Å². The van der Waals surface area contributed by atoms with Gasteiger partial charge in [-0.3, -0.25) is 0 Å². The fourth-order valence-electron chi connectivity index (χ4n) is 3.51. The lowest BCUT2D eigenvalue weighted by atomic mass is 10.0. The third-order valence-corrected chi connectivity index (χ3v) is 6.08. The third-order valence-electron chi connectivity index (χ3n) is 5.02. The number of carboxylic acids is 1. The number of aromatic carboxylic acids is 1. The molecular formula is C22H23N3O2S. The third kappa shape index (κ3) is 3.36. The summed E-state index contributed by atoms with van der Waals surface area (Å²) < 4.78 is 5.29. The summed E-state index contributed by atoms with van der Waals surface area (Å²) in [6.07, 6.45) is 6.54. The van der Waals surface area contributed by atoms with Crippen LogP contribution in [0, 0.1) is 12.8 Å². The zero-order valence-electron chi connectivity index (χ0n) is 16.2. The number of hydrogen-bond donors (Lipinski definition) is 1. The summed E-state index contributed by atoms with van der Waals surface area (Å²) in [6.45, 7) is 7.41. The summed E-state index contributed by atoms with van der Waals surface area (Å²) in [4.78, 5) is 15.9. The molecule has 4 aromatic rings. The lowest BCUT2D eigenvalue weighted by Crippen LogP contribution is -2.04. The summed E-state index contributed by atoms with van der Waals surface area (Å²) >= 11 is 1.34. The molecule has 0 atom stereocenters. The molecule has 1 aromatic carbocycles. The number of hydrogen-bond acceptors (Lipinski definition) is 3. The van der Waals surface area contributed by atoms with Gasteiger partial charge in [0, 0.05) is 30.2 Å². The molecule has 4 rings (SSSR count). The van der Waals surface area contributed by atoms with Crippen LogP contribution in [0.3, 0.4) is 0 Å². The highest BCUT2D eigenvalue weighted by molar-refractivity contribution is 7.20. The van der Waals surface area contributed by atoms with E-state index in [-0.39, 0.29) is 0 Å². The van der Waals surface area contributed by atoms with Gasteiger partial charge < -0.3 is 14.2 Å². The molecule has 3 heterocycles. The van der Waals surface area contributed by atoms with Gasteiger partial charge in [0.15, 0.2) is 0 Å². The molecule has 3 aromatic heterocycles. The zero-order valence-corrected chi connectivity index (χ0v) is 17.0. The van der Waals surface area contributed by atoms with E-state index in [2.05, 4.69) is 54.6 Å².